The summed E-state index contributed by atoms with van der Waals surface area (Å²) < 4.78 is 0.612. The maximum atomic E-state index is 3.47. The van der Waals surface area contributed by atoms with Gasteiger partial charge in [0.05, 0.1) is 0 Å². The summed E-state index contributed by atoms with van der Waals surface area (Å²) in [5.74, 6) is 0. The van der Waals surface area contributed by atoms with Gasteiger partial charge in [-0.2, -0.15) is 0 Å². The molecule has 0 aliphatic carbocycles. The van der Waals surface area contributed by atoms with Crippen molar-refractivity contribution < 1.29 is 0 Å². The van der Waals surface area contributed by atoms with Crippen molar-refractivity contribution in [3.8, 4) is 0 Å². The van der Waals surface area contributed by atoms with Gasteiger partial charge in [-0.1, -0.05) is 13.8 Å². The number of hydrogen-bond donors (Lipinski definition) is 1. The molecule has 1 rings (SSSR count). The van der Waals surface area contributed by atoms with Crippen molar-refractivity contribution in [3.63, 3.8) is 0 Å². The molecule has 1 heterocycles. The summed E-state index contributed by atoms with van der Waals surface area (Å²) in [6.45, 7) is 9.26. The first-order chi connectivity index (χ1) is 5.23. The first-order valence-electron chi connectivity index (χ1n) is 4.61. The Morgan fingerprint density at radius 2 is 2.18 bits per heavy atom. The van der Waals surface area contributed by atoms with E-state index in [0.717, 1.165) is 5.25 Å². The molecule has 0 aromatic heterocycles. The predicted molar refractivity (Wildman–Crippen MR) is 53.2 cm³/mol. The van der Waals surface area contributed by atoms with E-state index >= 15 is 0 Å². The Hall–Kier alpha value is 0.310. The second-order valence-corrected chi connectivity index (χ2v) is 5.21. The molecule has 66 valence electrons. The fraction of sp³-hybridized carbons (Fsp3) is 1.00. The third-order valence-corrected chi connectivity index (χ3v) is 4.32. The third-order valence-electron chi connectivity index (χ3n) is 2.49. The van der Waals surface area contributed by atoms with Crippen LogP contribution in [0, 0.1) is 0 Å². The highest BCUT2D eigenvalue weighted by atomic mass is 32.2. The lowest BCUT2D eigenvalue weighted by molar-refractivity contribution is 0.601. The minimum Gasteiger partial charge on any atom is -0.316 e. The Morgan fingerprint density at radius 1 is 1.45 bits per heavy atom. The number of rotatable bonds is 5. The van der Waals surface area contributed by atoms with Gasteiger partial charge in [-0.15, -0.1) is 11.8 Å². The van der Waals surface area contributed by atoms with Crippen LogP contribution in [0.15, 0.2) is 0 Å². The molecular weight excluding hydrogens is 154 g/mol. The van der Waals surface area contributed by atoms with E-state index in [0.29, 0.717) is 4.75 Å². The lowest BCUT2D eigenvalue weighted by atomic mass is 10.1. The zero-order valence-electron chi connectivity index (χ0n) is 7.81. The van der Waals surface area contributed by atoms with Gasteiger partial charge in [0.25, 0.3) is 0 Å². The first kappa shape index (κ1) is 9.40. The van der Waals surface area contributed by atoms with Crippen LogP contribution >= 0.6 is 11.8 Å². The largest absolute Gasteiger partial charge is 0.316 e. The topological polar surface area (TPSA) is 12.0 Å². The number of hydrogen-bond acceptors (Lipinski definition) is 2. The average molecular weight is 173 g/mol. The average Bonchev–Trinajstić information content (AvgIpc) is 2.64. The van der Waals surface area contributed by atoms with Gasteiger partial charge in [-0.3, -0.25) is 0 Å². The molecule has 1 aliphatic rings. The van der Waals surface area contributed by atoms with Gasteiger partial charge < -0.3 is 5.32 Å². The number of thioether (sulfide) groups is 1. The van der Waals surface area contributed by atoms with Crippen molar-refractivity contribution in [3.05, 3.63) is 0 Å². The molecule has 1 fully saturated rings. The van der Waals surface area contributed by atoms with Crippen LogP contribution in [0.25, 0.3) is 0 Å². The van der Waals surface area contributed by atoms with Crippen LogP contribution in [-0.4, -0.2) is 23.1 Å². The van der Waals surface area contributed by atoms with Crippen LogP contribution in [0.4, 0.5) is 0 Å². The molecule has 2 atom stereocenters. The van der Waals surface area contributed by atoms with Gasteiger partial charge in [0.1, 0.15) is 0 Å². The van der Waals surface area contributed by atoms with E-state index < -0.39 is 0 Å². The van der Waals surface area contributed by atoms with Gasteiger partial charge in [-0.25, -0.2) is 0 Å². The molecule has 2 heteroatoms. The minimum atomic E-state index is 0.612. The van der Waals surface area contributed by atoms with Gasteiger partial charge in [0, 0.05) is 16.5 Å². The van der Waals surface area contributed by atoms with E-state index in [-0.39, 0.29) is 0 Å². The summed E-state index contributed by atoms with van der Waals surface area (Å²) in [6, 6.07) is 0. The summed E-state index contributed by atoms with van der Waals surface area (Å²) in [6.07, 6.45) is 2.57. The molecule has 11 heavy (non-hydrogen) atoms. The van der Waals surface area contributed by atoms with Gasteiger partial charge >= 0.3 is 0 Å². The van der Waals surface area contributed by atoms with Gasteiger partial charge in [0.2, 0.25) is 0 Å². The van der Waals surface area contributed by atoms with Crippen LogP contribution in [0.2, 0.25) is 0 Å². The van der Waals surface area contributed by atoms with Crippen LogP contribution in [-0.2, 0) is 0 Å². The van der Waals surface area contributed by atoms with Crippen molar-refractivity contribution in [2.45, 2.75) is 43.6 Å². The van der Waals surface area contributed by atoms with Crippen LogP contribution in [0.1, 0.15) is 33.6 Å². The SMILES string of the molecule is CCCNCC1S[C@@]1(C)CC. The highest BCUT2D eigenvalue weighted by molar-refractivity contribution is 8.08. The molecule has 0 aromatic carbocycles. The smallest absolute Gasteiger partial charge is 0.0322 e. The van der Waals surface area contributed by atoms with Crippen LogP contribution in [0.5, 0.6) is 0 Å². The summed E-state index contributed by atoms with van der Waals surface area (Å²) in [4.78, 5) is 0. The second-order valence-electron chi connectivity index (χ2n) is 3.48. The highest BCUT2D eigenvalue weighted by Crippen LogP contribution is 2.54. The quantitative estimate of drug-likeness (QED) is 0.505. The maximum Gasteiger partial charge on any atom is 0.0322 e. The summed E-state index contributed by atoms with van der Waals surface area (Å²) in [5.41, 5.74) is 0. The molecule has 0 amide bonds. The fourth-order valence-electron chi connectivity index (χ4n) is 1.27. The van der Waals surface area contributed by atoms with Gasteiger partial charge in [0.15, 0.2) is 0 Å². The molecule has 0 aromatic rings. The molecule has 0 spiro atoms. The Labute approximate surface area is 74.3 Å². The molecule has 0 saturated carbocycles. The number of nitrogens with one attached hydrogen (secondary N) is 1. The highest BCUT2D eigenvalue weighted by Gasteiger charge is 2.48. The Kier molecular flexibility index (Phi) is 3.26. The molecule has 1 nitrogen and oxygen atoms in total. The second kappa shape index (κ2) is 3.81. The molecular formula is C9H19NS. The van der Waals surface area contributed by atoms with E-state index in [4.69, 9.17) is 0 Å². The standard InChI is InChI=1S/C9H19NS/c1-4-6-10-7-8-9(3,5-2)11-8/h8,10H,4-7H2,1-3H3/t8?,9-/m0/s1. The lowest BCUT2D eigenvalue weighted by Gasteiger charge is -2.04. The van der Waals surface area contributed by atoms with E-state index in [1.54, 1.807) is 0 Å². The van der Waals surface area contributed by atoms with Crippen molar-refractivity contribution >= 4 is 11.8 Å². The molecule has 1 aliphatic heterocycles. The normalized spacial score (nSPS) is 35.7. The molecule has 0 bridgehead atoms. The minimum absolute atomic E-state index is 0.612. The zero-order valence-corrected chi connectivity index (χ0v) is 8.63. The molecule has 0 radical (unpaired) electrons. The lowest BCUT2D eigenvalue weighted by Crippen LogP contribution is -2.24. The van der Waals surface area contributed by atoms with Crippen molar-refractivity contribution in [2.75, 3.05) is 13.1 Å². The Bertz CT molecular complexity index is 127. The predicted octanol–water partition coefficient (Wildman–Crippen LogP) is 2.27. The van der Waals surface area contributed by atoms with E-state index in [2.05, 4.69) is 37.8 Å². The zero-order chi connectivity index (χ0) is 8.32. The molecule has 1 saturated heterocycles. The Balaban J connectivity index is 2.04. The Morgan fingerprint density at radius 3 is 2.64 bits per heavy atom. The van der Waals surface area contributed by atoms with E-state index in [1.165, 1.54) is 25.9 Å². The molecule has 1 N–H and O–H groups in total. The maximum absolute atomic E-state index is 3.47. The first-order valence-corrected chi connectivity index (χ1v) is 5.49. The van der Waals surface area contributed by atoms with E-state index in [9.17, 15) is 0 Å². The van der Waals surface area contributed by atoms with Crippen molar-refractivity contribution in [1.29, 1.82) is 0 Å². The monoisotopic (exact) mass is 173 g/mol. The summed E-state index contributed by atoms with van der Waals surface area (Å²) in [5, 5.41) is 4.35. The van der Waals surface area contributed by atoms with Gasteiger partial charge in [-0.05, 0) is 26.3 Å². The van der Waals surface area contributed by atoms with Crippen LogP contribution in [0.3, 0.4) is 0 Å². The van der Waals surface area contributed by atoms with E-state index in [1.807, 2.05) is 0 Å². The fourth-order valence-corrected chi connectivity index (χ4v) is 2.47. The van der Waals surface area contributed by atoms with Crippen molar-refractivity contribution in [2.24, 2.45) is 0 Å². The molecule has 1 unspecified atom stereocenters. The van der Waals surface area contributed by atoms with Crippen molar-refractivity contribution in [1.82, 2.24) is 5.32 Å². The van der Waals surface area contributed by atoms with Crippen LogP contribution < -0.4 is 5.32 Å². The third kappa shape index (κ3) is 2.38. The summed E-state index contributed by atoms with van der Waals surface area (Å²) in [7, 11) is 0. The summed E-state index contributed by atoms with van der Waals surface area (Å²) >= 11 is 2.13.